The van der Waals surface area contributed by atoms with Crippen molar-refractivity contribution >= 4 is 28.3 Å². The van der Waals surface area contributed by atoms with Crippen LogP contribution >= 0.6 is 11.6 Å². The first-order valence-corrected chi connectivity index (χ1v) is 7.25. The van der Waals surface area contributed by atoms with E-state index in [-0.39, 0.29) is 0 Å². The van der Waals surface area contributed by atoms with Crippen LogP contribution in [0.3, 0.4) is 0 Å². The van der Waals surface area contributed by atoms with E-state index >= 15 is 0 Å². The predicted molar refractivity (Wildman–Crippen MR) is 86.1 cm³/mol. The van der Waals surface area contributed by atoms with Crippen molar-refractivity contribution < 1.29 is 0 Å². The second-order valence-electron chi connectivity index (χ2n) is 4.86. The van der Waals surface area contributed by atoms with Gasteiger partial charge in [-0.15, -0.1) is 0 Å². The zero-order valence-electron chi connectivity index (χ0n) is 11.7. The number of pyridine rings is 2. The molecule has 0 aliphatic rings. The van der Waals surface area contributed by atoms with E-state index in [4.69, 9.17) is 17.0 Å². The molecule has 0 aliphatic carbocycles. The van der Waals surface area contributed by atoms with E-state index in [1.54, 1.807) is 6.20 Å². The summed E-state index contributed by atoms with van der Waals surface area (Å²) in [5.41, 5.74) is 3.66. The second kappa shape index (κ2) is 5.66. The Labute approximate surface area is 127 Å². The number of rotatable bonds is 4. The van der Waals surface area contributed by atoms with Crippen LogP contribution in [-0.2, 0) is 0 Å². The predicted octanol–water partition coefficient (Wildman–Crippen LogP) is 4.45. The van der Waals surface area contributed by atoms with Crippen molar-refractivity contribution in [3.05, 3.63) is 47.4 Å². The third-order valence-electron chi connectivity index (χ3n) is 3.35. The molecule has 3 aromatic heterocycles. The summed E-state index contributed by atoms with van der Waals surface area (Å²) in [6.07, 6.45) is 5.12. The minimum Gasteiger partial charge on any atom is -0.346 e. The molecule has 0 radical (unpaired) electrons. The minimum absolute atomic E-state index is 0.551. The van der Waals surface area contributed by atoms with E-state index < -0.39 is 0 Å². The van der Waals surface area contributed by atoms with Gasteiger partial charge < -0.3 is 10.4 Å². The maximum Gasteiger partial charge on any atom is 0.138 e. The third kappa shape index (κ3) is 2.54. The minimum atomic E-state index is 0.551. The Balaban J connectivity index is 2.15. The summed E-state index contributed by atoms with van der Waals surface area (Å²) in [6.45, 7) is 2.06. The Morgan fingerprint density at radius 1 is 1.33 bits per heavy atom. The van der Waals surface area contributed by atoms with Crippen LogP contribution in [0.2, 0.25) is 5.02 Å². The standard InChI is InChI=1S/C16H15ClN4/c1-2-4-12(18)13-5-3-6-14(21-13)15-10-7-8-19-16(10)20-9-11(15)17/h3,5-9,18H,2,4H2,1H3,(H,19,20). The molecule has 106 valence electrons. The van der Waals surface area contributed by atoms with Gasteiger partial charge in [-0.05, 0) is 24.6 Å². The molecule has 21 heavy (non-hydrogen) atoms. The summed E-state index contributed by atoms with van der Waals surface area (Å²) >= 11 is 6.32. The van der Waals surface area contributed by atoms with E-state index in [2.05, 4.69) is 21.9 Å². The van der Waals surface area contributed by atoms with Gasteiger partial charge in [0.15, 0.2) is 0 Å². The maximum atomic E-state index is 8.06. The van der Waals surface area contributed by atoms with Crippen molar-refractivity contribution in [3.8, 4) is 11.3 Å². The van der Waals surface area contributed by atoms with E-state index in [1.165, 1.54) is 0 Å². The molecule has 0 atom stereocenters. The Hall–Kier alpha value is -2.20. The summed E-state index contributed by atoms with van der Waals surface area (Å²) < 4.78 is 0. The molecule has 4 nitrogen and oxygen atoms in total. The third-order valence-corrected chi connectivity index (χ3v) is 3.64. The normalized spacial score (nSPS) is 11.0. The Bertz CT molecular complexity index is 807. The number of nitrogens with zero attached hydrogens (tertiary/aromatic N) is 2. The average molecular weight is 299 g/mol. The number of halogens is 1. The number of fused-ring (bicyclic) bond motifs is 1. The fourth-order valence-corrected chi connectivity index (χ4v) is 2.61. The van der Waals surface area contributed by atoms with Crippen molar-refractivity contribution in [1.29, 1.82) is 5.41 Å². The lowest BCUT2D eigenvalue weighted by Crippen LogP contribution is -2.02. The Morgan fingerprint density at radius 3 is 3.00 bits per heavy atom. The lowest BCUT2D eigenvalue weighted by atomic mass is 10.1. The summed E-state index contributed by atoms with van der Waals surface area (Å²) in [7, 11) is 0. The van der Waals surface area contributed by atoms with Crippen molar-refractivity contribution in [3.63, 3.8) is 0 Å². The van der Waals surface area contributed by atoms with Crippen molar-refractivity contribution in [1.82, 2.24) is 15.0 Å². The highest BCUT2D eigenvalue weighted by atomic mass is 35.5. The van der Waals surface area contributed by atoms with Crippen molar-refractivity contribution in [2.24, 2.45) is 0 Å². The van der Waals surface area contributed by atoms with E-state index in [1.807, 2.05) is 30.5 Å². The number of nitrogens with one attached hydrogen (secondary N) is 2. The fourth-order valence-electron chi connectivity index (χ4n) is 2.36. The van der Waals surface area contributed by atoms with Crippen LogP contribution in [0.5, 0.6) is 0 Å². The van der Waals surface area contributed by atoms with Gasteiger partial charge in [0, 0.05) is 23.3 Å². The molecule has 0 amide bonds. The molecule has 3 rings (SSSR count). The molecular weight excluding hydrogens is 284 g/mol. The van der Waals surface area contributed by atoms with E-state index in [0.29, 0.717) is 16.4 Å². The first-order chi connectivity index (χ1) is 10.2. The zero-order valence-corrected chi connectivity index (χ0v) is 12.4. The maximum absolute atomic E-state index is 8.06. The molecule has 0 aliphatic heterocycles. The van der Waals surface area contributed by atoms with Gasteiger partial charge in [0.25, 0.3) is 0 Å². The van der Waals surface area contributed by atoms with Crippen molar-refractivity contribution in [2.75, 3.05) is 0 Å². The van der Waals surface area contributed by atoms with Crippen LogP contribution in [-0.4, -0.2) is 20.7 Å². The highest BCUT2D eigenvalue weighted by molar-refractivity contribution is 6.34. The van der Waals surface area contributed by atoms with Crippen LogP contribution < -0.4 is 0 Å². The lowest BCUT2D eigenvalue weighted by molar-refractivity contribution is 0.980. The molecule has 2 N–H and O–H groups in total. The van der Waals surface area contributed by atoms with Crippen molar-refractivity contribution in [2.45, 2.75) is 19.8 Å². The molecular formula is C16H15ClN4. The molecule has 5 heteroatoms. The molecule has 0 bridgehead atoms. The second-order valence-corrected chi connectivity index (χ2v) is 5.26. The molecule has 0 aromatic carbocycles. The smallest absolute Gasteiger partial charge is 0.138 e. The van der Waals surface area contributed by atoms with Gasteiger partial charge in [0.1, 0.15) is 5.65 Å². The molecule has 3 heterocycles. The zero-order chi connectivity index (χ0) is 14.8. The van der Waals surface area contributed by atoms with Gasteiger partial charge in [-0.2, -0.15) is 0 Å². The molecule has 0 saturated heterocycles. The highest BCUT2D eigenvalue weighted by Crippen LogP contribution is 2.32. The van der Waals surface area contributed by atoms with Crippen LogP contribution in [0.4, 0.5) is 0 Å². The monoisotopic (exact) mass is 298 g/mol. The molecule has 0 fully saturated rings. The van der Waals surface area contributed by atoms with Crippen LogP contribution in [0.25, 0.3) is 22.3 Å². The van der Waals surface area contributed by atoms with Gasteiger partial charge in [0.2, 0.25) is 0 Å². The summed E-state index contributed by atoms with van der Waals surface area (Å²) in [6, 6.07) is 7.63. The van der Waals surface area contributed by atoms with Crippen LogP contribution in [0.1, 0.15) is 25.5 Å². The van der Waals surface area contributed by atoms with Gasteiger partial charge in [-0.3, -0.25) is 0 Å². The fraction of sp³-hybridized carbons (Fsp3) is 0.188. The van der Waals surface area contributed by atoms with E-state index in [9.17, 15) is 0 Å². The summed E-state index contributed by atoms with van der Waals surface area (Å²) in [5.74, 6) is 0. The molecule has 0 spiro atoms. The largest absolute Gasteiger partial charge is 0.346 e. The summed E-state index contributed by atoms with van der Waals surface area (Å²) in [5, 5.41) is 9.56. The van der Waals surface area contributed by atoms with Gasteiger partial charge >= 0.3 is 0 Å². The molecule has 0 saturated carbocycles. The number of aromatic nitrogens is 3. The molecule has 3 aromatic rings. The number of hydrogen-bond acceptors (Lipinski definition) is 3. The molecule has 0 unspecified atom stereocenters. The Kier molecular flexibility index (Phi) is 3.71. The van der Waals surface area contributed by atoms with Gasteiger partial charge in [-0.25, -0.2) is 9.97 Å². The topological polar surface area (TPSA) is 65.4 Å². The van der Waals surface area contributed by atoms with Crippen LogP contribution in [0, 0.1) is 5.41 Å². The van der Waals surface area contributed by atoms with Gasteiger partial charge in [0.05, 0.1) is 22.1 Å². The SMILES string of the molecule is CCCC(=N)c1cccc(-c2c(Cl)cnc3[nH]ccc23)n1. The Morgan fingerprint density at radius 2 is 2.19 bits per heavy atom. The van der Waals surface area contributed by atoms with Gasteiger partial charge in [-0.1, -0.05) is 31.0 Å². The number of H-pyrrole nitrogens is 1. The number of hydrogen-bond donors (Lipinski definition) is 2. The first kappa shape index (κ1) is 13.8. The van der Waals surface area contributed by atoms with E-state index in [0.717, 1.165) is 35.1 Å². The first-order valence-electron chi connectivity index (χ1n) is 6.87. The summed E-state index contributed by atoms with van der Waals surface area (Å²) in [4.78, 5) is 11.9. The highest BCUT2D eigenvalue weighted by Gasteiger charge is 2.13. The quantitative estimate of drug-likeness (QED) is 0.699. The lowest BCUT2D eigenvalue weighted by Gasteiger charge is -2.08. The number of aromatic amines is 1. The van der Waals surface area contributed by atoms with Crippen LogP contribution in [0.15, 0.2) is 36.7 Å². The average Bonchev–Trinajstić information content (AvgIpc) is 2.96.